The van der Waals surface area contributed by atoms with Crippen LogP contribution < -0.4 is 10.1 Å². The molecule has 0 aliphatic rings. The topological polar surface area (TPSA) is 44.7 Å². The first-order chi connectivity index (χ1) is 10.2. The van der Waals surface area contributed by atoms with E-state index in [1.165, 1.54) is 6.42 Å². The van der Waals surface area contributed by atoms with Crippen molar-refractivity contribution in [2.24, 2.45) is 0 Å². The highest BCUT2D eigenvalue weighted by molar-refractivity contribution is 9.10. The SMILES string of the molecule is CCCN(CC)CCNCC(O)COc1ccc(Br)cc1. The molecule has 0 saturated heterocycles. The molecule has 21 heavy (non-hydrogen) atoms. The van der Waals surface area contributed by atoms with Crippen LogP contribution in [0.15, 0.2) is 28.7 Å². The molecule has 0 radical (unpaired) electrons. The number of benzene rings is 1. The number of likely N-dealkylation sites (N-methyl/N-ethyl adjacent to an activating group) is 1. The van der Waals surface area contributed by atoms with E-state index in [0.717, 1.165) is 36.4 Å². The number of aliphatic hydroxyl groups excluding tert-OH is 1. The van der Waals surface area contributed by atoms with Crippen molar-refractivity contribution >= 4 is 15.9 Å². The molecule has 0 heterocycles. The van der Waals surface area contributed by atoms with Gasteiger partial charge in [0.25, 0.3) is 0 Å². The molecule has 0 aliphatic carbocycles. The molecule has 0 spiro atoms. The molecule has 5 heteroatoms. The smallest absolute Gasteiger partial charge is 0.119 e. The van der Waals surface area contributed by atoms with Gasteiger partial charge in [0, 0.05) is 24.1 Å². The molecule has 0 aliphatic heterocycles. The van der Waals surface area contributed by atoms with Gasteiger partial charge in [-0.1, -0.05) is 29.8 Å². The first-order valence-corrected chi connectivity index (χ1v) is 8.44. The number of nitrogens with one attached hydrogen (secondary N) is 1. The number of nitrogens with zero attached hydrogens (tertiary/aromatic N) is 1. The fourth-order valence-corrected chi connectivity index (χ4v) is 2.30. The Bertz CT molecular complexity index is 373. The number of hydrogen-bond acceptors (Lipinski definition) is 4. The lowest BCUT2D eigenvalue weighted by Gasteiger charge is -2.20. The lowest BCUT2D eigenvalue weighted by molar-refractivity contribution is 0.105. The Hall–Kier alpha value is -0.620. The van der Waals surface area contributed by atoms with Crippen molar-refractivity contribution < 1.29 is 9.84 Å². The summed E-state index contributed by atoms with van der Waals surface area (Å²) in [5.74, 6) is 0.775. The molecule has 1 aromatic rings. The summed E-state index contributed by atoms with van der Waals surface area (Å²) in [5.41, 5.74) is 0. The summed E-state index contributed by atoms with van der Waals surface area (Å²) in [6.07, 6.45) is 0.687. The van der Waals surface area contributed by atoms with E-state index in [1.54, 1.807) is 0 Å². The summed E-state index contributed by atoms with van der Waals surface area (Å²) in [6.45, 7) is 9.35. The fourth-order valence-electron chi connectivity index (χ4n) is 2.03. The van der Waals surface area contributed by atoms with Gasteiger partial charge in [-0.15, -0.1) is 0 Å². The highest BCUT2D eigenvalue weighted by Gasteiger charge is 2.06. The largest absolute Gasteiger partial charge is 0.491 e. The van der Waals surface area contributed by atoms with Crippen molar-refractivity contribution in [1.82, 2.24) is 10.2 Å². The van der Waals surface area contributed by atoms with Crippen LogP contribution in [0.5, 0.6) is 5.75 Å². The van der Waals surface area contributed by atoms with Gasteiger partial charge in [-0.3, -0.25) is 0 Å². The van der Waals surface area contributed by atoms with Gasteiger partial charge >= 0.3 is 0 Å². The molecule has 0 fully saturated rings. The quantitative estimate of drug-likeness (QED) is 0.596. The second-order valence-electron chi connectivity index (χ2n) is 5.06. The van der Waals surface area contributed by atoms with Gasteiger partial charge < -0.3 is 20.1 Å². The Morgan fingerprint density at radius 1 is 1.24 bits per heavy atom. The maximum Gasteiger partial charge on any atom is 0.119 e. The second-order valence-corrected chi connectivity index (χ2v) is 5.97. The van der Waals surface area contributed by atoms with Crippen LogP contribution in [-0.4, -0.2) is 55.4 Å². The monoisotopic (exact) mass is 358 g/mol. The third kappa shape index (κ3) is 8.41. The van der Waals surface area contributed by atoms with Crippen LogP contribution in [0.2, 0.25) is 0 Å². The number of hydrogen-bond donors (Lipinski definition) is 2. The van der Waals surface area contributed by atoms with Crippen molar-refractivity contribution in [2.45, 2.75) is 26.4 Å². The summed E-state index contributed by atoms with van der Waals surface area (Å²) in [5, 5.41) is 13.2. The summed E-state index contributed by atoms with van der Waals surface area (Å²) < 4.78 is 6.56. The highest BCUT2D eigenvalue weighted by Crippen LogP contribution is 2.16. The van der Waals surface area contributed by atoms with Gasteiger partial charge in [-0.2, -0.15) is 0 Å². The molecule has 1 rings (SSSR count). The maximum atomic E-state index is 9.88. The molecule has 1 aromatic carbocycles. The Labute approximate surface area is 136 Å². The van der Waals surface area contributed by atoms with Gasteiger partial charge in [-0.05, 0) is 43.8 Å². The van der Waals surface area contributed by atoms with E-state index in [4.69, 9.17) is 4.74 Å². The average Bonchev–Trinajstić information content (AvgIpc) is 2.49. The predicted molar refractivity (Wildman–Crippen MR) is 90.9 cm³/mol. The third-order valence-corrected chi connectivity index (χ3v) is 3.76. The number of aliphatic hydroxyl groups is 1. The summed E-state index contributed by atoms with van der Waals surface area (Å²) in [4.78, 5) is 2.40. The summed E-state index contributed by atoms with van der Waals surface area (Å²) in [7, 11) is 0. The second kappa shape index (κ2) is 11.0. The molecular formula is C16H27BrN2O2. The van der Waals surface area contributed by atoms with E-state index in [9.17, 15) is 5.11 Å². The van der Waals surface area contributed by atoms with Gasteiger partial charge in [0.15, 0.2) is 0 Å². The Morgan fingerprint density at radius 2 is 1.95 bits per heavy atom. The van der Waals surface area contributed by atoms with E-state index in [2.05, 4.69) is 40.0 Å². The minimum atomic E-state index is -0.491. The van der Waals surface area contributed by atoms with Crippen molar-refractivity contribution in [3.05, 3.63) is 28.7 Å². The number of halogens is 1. The van der Waals surface area contributed by atoms with Crippen LogP contribution in [-0.2, 0) is 0 Å². The molecule has 0 aromatic heterocycles. The zero-order valence-electron chi connectivity index (χ0n) is 13.0. The fraction of sp³-hybridized carbons (Fsp3) is 0.625. The van der Waals surface area contributed by atoms with E-state index in [0.29, 0.717) is 13.2 Å². The molecule has 0 saturated carbocycles. The van der Waals surface area contributed by atoms with E-state index in [-0.39, 0.29) is 0 Å². The summed E-state index contributed by atoms with van der Waals surface area (Å²) >= 11 is 3.38. The highest BCUT2D eigenvalue weighted by atomic mass is 79.9. The Kier molecular flexibility index (Phi) is 9.67. The average molecular weight is 359 g/mol. The molecule has 120 valence electrons. The summed E-state index contributed by atoms with van der Waals surface area (Å²) in [6, 6.07) is 7.61. The molecule has 1 unspecified atom stereocenters. The van der Waals surface area contributed by atoms with Gasteiger partial charge in [0.05, 0.1) is 0 Å². The Morgan fingerprint density at radius 3 is 2.57 bits per heavy atom. The minimum absolute atomic E-state index is 0.307. The zero-order valence-corrected chi connectivity index (χ0v) is 14.6. The molecular weight excluding hydrogens is 332 g/mol. The zero-order chi connectivity index (χ0) is 15.5. The van der Waals surface area contributed by atoms with Gasteiger partial charge in [0.1, 0.15) is 18.5 Å². The molecule has 1 atom stereocenters. The Balaban J connectivity index is 2.11. The predicted octanol–water partition coefficient (Wildman–Crippen LogP) is 2.51. The van der Waals surface area contributed by atoms with Crippen LogP contribution in [0.3, 0.4) is 0 Å². The van der Waals surface area contributed by atoms with E-state index in [1.807, 2.05) is 24.3 Å². The third-order valence-electron chi connectivity index (χ3n) is 3.23. The lowest BCUT2D eigenvalue weighted by atomic mass is 10.3. The van der Waals surface area contributed by atoms with Crippen molar-refractivity contribution in [1.29, 1.82) is 0 Å². The van der Waals surface area contributed by atoms with E-state index >= 15 is 0 Å². The van der Waals surface area contributed by atoms with Gasteiger partial charge in [0.2, 0.25) is 0 Å². The number of ether oxygens (including phenoxy) is 1. The molecule has 0 amide bonds. The van der Waals surface area contributed by atoms with Crippen molar-refractivity contribution in [2.75, 3.05) is 39.3 Å². The number of rotatable bonds is 11. The lowest BCUT2D eigenvalue weighted by Crippen LogP contribution is -2.37. The maximum absolute atomic E-state index is 9.88. The van der Waals surface area contributed by atoms with Crippen LogP contribution in [0.1, 0.15) is 20.3 Å². The molecule has 4 nitrogen and oxygen atoms in total. The molecule has 2 N–H and O–H groups in total. The van der Waals surface area contributed by atoms with Crippen molar-refractivity contribution in [3.63, 3.8) is 0 Å². The van der Waals surface area contributed by atoms with Crippen LogP contribution in [0, 0.1) is 0 Å². The van der Waals surface area contributed by atoms with E-state index < -0.39 is 6.10 Å². The normalized spacial score (nSPS) is 12.6. The standard InChI is InChI=1S/C16H27BrN2O2/c1-3-10-19(4-2)11-9-18-12-15(20)13-21-16-7-5-14(17)6-8-16/h5-8,15,18,20H,3-4,9-13H2,1-2H3. The van der Waals surface area contributed by atoms with Crippen LogP contribution in [0.4, 0.5) is 0 Å². The molecule has 0 bridgehead atoms. The first kappa shape index (κ1) is 18.4. The van der Waals surface area contributed by atoms with Crippen LogP contribution in [0.25, 0.3) is 0 Å². The van der Waals surface area contributed by atoms with Crippen molar-refractivity contribution in [3.8, 4) is 5.75 Å². The first-order valence-electron chi connectivity index (χ1n) is 7.65. The van der Waals surface area contributed by atoms with Gasteiger partial charge in [-0.25, -0.2) is 0 Å². The minimum Gasteiger partial charge on any atom is -0.491 e. The van der Waals surface area contributed by atoms with Crippen LogP contribution >= 0.6 is 15.9 Å².